The van der Waals surface area contributed by atoms with Crippen molar-refractivity contribution >= 4 is 38.4 Å². The van der Waals surface area contributed by atoms with Gasteiger partial charge in [-0.2, -0.15) is 0 Å². The first kappa shape index (κ1) is 16.2. The lowest BCUT2D eigenvalue weighted by Crippen LogP contribution is -2.25. The van der Waals surface area contributed by atoms with E-state index in [2.05, 4.69) is 44.5 Å². The second kappa shape index (κ2) is 6.87. The maximum absolute atomic E-state index is 11.7. The summed E-state index contributed by atoms with van der Waals surface area (Å²) in [5, 5.41) is 7.65. The second-order valence-electron chi connectivity index (χ2n) is 6.23. The highest BCUT2D eigenvalue weighted by molar-refractivity contribution is 9.10. The zero-order chi connectivity index (χ0) is 16.4. The second-order valence-corrected chi connectivity index (χ2v) is 7.15. The van der Waals surface area contributed by atoms with Crippen molar-refractivity contribution < 1.29 is 4.79 Å². The maximum Gasteiger partial charge on any atom is 0.220 e. The van der Waals surface area contributed by atoms with E-state index in [9.17, 15) is 4.79 Å². The average molecular weight is 376 g/mol. The number of carbonyl (C=O) groups excluding carboxylic acids is 1. The number of benzene rings is 1. The lowest BCUT2D eigenvalue weighted by atomic mass is 10.1. The summed E-state index contributed by atoms with van der Waals surface area (Å²) < 4.78 is 1.04. The molecule has 1 amide bonds. The molecule has 1 aromatic carbocycles. The van der Waals surface area contributed by atoms with Crippen LogP contribution < -0.4 is 10.6 Å². The van der Waals surface area contributed by atoms with Crippen molar-refractivity contribution in [3.05, 3.63) is 33.9 Å². The Morgan fingerprint density at radius 3 is 2.87 bits per heavy atom. The summed E-state index contributed by atoms with van der Waals surface area (Å²) in [6, 6.07) is 6.58. The molecule has 23 heavy (non-hydrogen) atoms. The minimum atomic E-state index is 0.171. The summed E-state index contributed by atoms with van der Waals surface area (Å²) in [7, 11) is 0. The van der Waals surface area contributed by atoms with Crippen LogP contribution in [0.15, 0.2) is 22.7 Å². The fraction of sp³-hybridized carbons (Fsp3) is 0.444. The highest BCUT2D eigenvalue weighted by Crippen LogP contribution is 2.30. The van der Waals surface area contributed by atoms with E-state index in [1.165, 1.54) is 0 Å². The number of anilines is 1. The van der Waals surface area contributed by atoms with Gasteiger partial charge in [0.2, 0.25) is 5.91 Å². The van der Waals surface area contributed by atoms with Gasteiger partial charge in [0.05, 0.1) is 5.52 Å². The molecule has 0 bridgehead atoms. The number of nitrogens with zero attached hydrogens (tertiary/aromatic N) is 1. The number of fused-ring (bicyclic) bond motifs is 1. The molecule has 0 spiro atoms. The van der Waals surface area contributed by atoms with E-state index in [1.807, 2.05) is 19.1 Å². The predicted octanol–water partition coefficient (Wildman–Crippen LogP) is 4.08. The molecule has 0 saturated heterocycles. The fourth-order valence-electron chi connectivity index (χ4n) is 2.67. The van der Waals surface area contributed by atoms with Gasteiger partial charge in [-0.1, -0.05) is 15.9 Å². The average Bonchev–Trinajstić information content (AvgIpc) is 3.31. The van der Waals surface area contributed by atoms with Crippen LogP contribution in [0.1, 0.15) is 36.9 Å². The SMILES string of the molecule is Cc1nc2ccc(Br)cc2c(NCCCC(=O)NC2CC2)c1C. The van der Waals surface area contributed by atoms with Crippen molar-refractivity contribution in [2.24, 2.45) is 0 Å². The Morgan fingerprint density at radius 2 is 2.13 bits per heavy atom. The number of pyridine rings is 1. The lowest BCUT2D eigenvalue weighted by Gasteiger charge is -2.15. The number of amides is 1. The van der Waals surface area contributed by atoms with Gasteiger partial charge < -0.3 is 10.6 Å². The van der Waals surface area contributed by atoms with Crippen molar-refractivity contribution in [1.29, 1.82) is 0 Å². The minimum absolute atomic E-state index is 0.171. The first-order valence-corrected chi connectivity index (χ1v) is 8.93. The number of aromatic nitrogens is 1. The molecular formula is C18H22BrN3O. The van der Waals surface area contributed by atoms with Crippen molar-refractivity contribution in [2.75, 3.05) is 11.9 Å². The summed E-state index contributed by atoms with van der Waals surface area (Å²) in [4.78, 5) is 16.4. The van der Waals surface area contributed by atoms with E-state index in [4.69, 9.17) is 0 Å². The van der Waals surface area contributed by atoms with Crippen LogP contribution in [0.3, 0.4) is 0 Å². The van der Waals surface area contributed by atoms with E-state index < -0.39 is 0 Å². The summed E-state index contributed by atoms with van der Waals surface area (Å²) in [5.41, 5.74) is 4.31. The molecule has 2 aromatic rings. The molecule has 0 radical (unpaired) electrons. The number of hydrogen-bond acceptors (Lipinski definition) is 3. The normalized spacial score (nSPS) is 14.0. The highest BCUT2D eigenvalue weighted by atomic mass is 79.9. The summed E-state index contributed by atoms with van der Waals surface area (Å²) in [5.74, 6) is 0.171. The fourth-order valence-corrected chi connectivity index (χ4v) is 3.03. The van der Waals surface area contributed by atoms with Gasteiger partial charge in [0.15, 0.2) is 0 Å². The third kappa shape index (κ3) is 4.02. The number of hydrogen-bond donors (Lipinski definition) is 2. The molecule has 1 aliphatic carbocycles. The number of halogens is 1. The summed E-state index contributed by atoms with van der Waals surface area (Å²) in [6.45, 7) is 4.90. The van der Waals surface area contributed by atoms with Crippen LogP contribution in [0.2, 0.25) is 0 Å². The lowest BCUT2D eigenvalue weighted by molar-refractivity contribution is -0.121. The van der Waals surface area contributed by atoms with E-state index in [1.54, 1.807) is 0 Å². The molecule has 2 N–H and O–H groups in total. The van der Waals surface area contributed by atoms with Gasteiger partial charge >= 0.3 is 0 Å². The Bertz CT molecular complexity index is 741. The number of rotatable bonds is 6. The van der Waals surface area contributed by atoms with Gasteiger partial charge in [-0.05, 0) is 56.9 Å². The van der Waals surface area contributed by atoms with Gasteiger partial charge in [0.25, 0.3) is 0 Å². The molecular weight excluding hydrogens is 354 g/mol. The molecule has 122 valence electrons. The van der Waals surface area contributed by atoms with Crippen molar-refractivity contribution in [3.8, 4) is 0 Å². The van der Waals surface area contributed by atoms with Crippen molar-refractivity contribution in [2.45, 2.75) is 45.6 Å². The third-order valence-electron chi connectivity index (χ3n) is 4.26. The summed E-state index contributed by atoms with van der Waals surface area (Å²) in [6.07, 6.45) is 3.68. The van der Waals surface area contributed by atoms with Crippen LogP contribution in [-0.2, 0) is 4.79 Å². The standard InChI is InChI=1S/C18H22BrN3O/c1-11-12(2)21-16-8-5-13(19)10-15(16)18(11)20-9-3-4-17(23)22-14-6-7-14/h5,8,10,14H,3-4,6-7,9H2,1-2H3,(H,20,21)(H,22,23). The van der Waals surface area contributed by atoms with Gasteiger partial charge in [0.1, 0.15) is 0 Å². The number of carbonyl (C=O) groups is 1. The zero-order valence-corrected chi connectivity index (χ0v) is 15.2. The van der Waals surface area contributed by atoms with Gasteiger partial charge in [-0.15, -0.1) is 0 Å². The van der Waals surface area contributed by atoms with E-state index >= 15 is 0 Å². The molecule has 5 heteroatoms. The third-order valence-corrected chi connectivity index (χ3v) is 4.75. The van der Waals surface area contributed by atoms with Crippen LogP contribution in [0.25, 0.3) is 10.9 Å². The topological polar surface area (TPSA) is 54.0 Å². The number of nitrogens with one attached hydrogen (secondary N) is 2. The highest BCUT2D eigenvalue weighted by Gasteiger charge is 2.22. The molecule has 1 aliphatic rings. The first-order valence-electron chi connectivity index (χ1n) is 8.14. The van der Waals surface area contributed by atoms with Gasteiger partial charge in [-0.25, -0.2) is 0 Å². The first-order chi connectivity index (χ1) is 11.0. The molecule has 4 nitrogen and oxygen atoms in total. The minimum Gasteiger partial charge on any atom is -0.384 e. The Kier molecular flexibility index (Phi) is 4.85. The van der Waals surface area contributed by atoms with Crippen molar-refractivity contribution in [3.63, 3.8) is 0 Å². The number of aryl methyl sites for hydroxylation is 1. The van der Waals surface area contributed by atoms with Gasteiger partial charge in [0, 0.05) is 40.2 Å². The molecule has 0 unspecified atom stereocenters. The van der Waals surface area contributed by atoms with Crippen LogP contribution in [-0.4, -0.2) is 23.5 Å². The van der Waals surface area contributed by atoms with Crippen LogP contribution in [0.4, 0.5) is 5.69 Å². The van der Waals surface area contributed by atoms with E-state index in [0.717, 1.165) is 58.1 Å². The van der Waals surface area contributed by atoms with Crippen LogP contribution in [0.5, 0.6) is 0 Å². The Morgan fingerprint density at radius 1 is 1.35 bits per heavy atom. The Labute approximate surface area is 145 Å². The monoisotopic (exact) mass is 375 g/mol. The largest absolute Gasteiger partial charge is 0.384 e. The molecule has 1 saturated carbocycles. The van der Waals surface area contributed by atoms with E-state index in [0.29, 0.717) is 12.5 Å². The van der Waals surface area contributed by atoms with Crippen molar-refractivity contribution in [1.82, 2.24) is 10.3 Å². The van der Waals surface area contributed by atoms with Gasteiger partial charge in [-0.3, -0.25) is 9.78 Å². The summed E-state index contributed by atoms with van der Waals surface area (Å²) >= 11 is 3.53. The van der Waals surface area contributed by atoms with E-state index in [-0.39, 0.29) is 5.91 Å². The Balaban J connectivity index is 1.67. The van der Waals surface area contributed by atoms with Crippen LogP contribution in [0, 0.1) is 13.8 Å². The Hall–Kier alpha value is -1.62. The van der Waals surface area contributed by atoms with Crippen LogP contribution >= 0.6 is 15.9 Å². The molecule has 3 rings (SSSR count). The molecule has 1 aromatic heterocycles. The zero-order valence-electron chi connectivity index (χ0n) is 13.6. The molecule has 0 aliphatic heterocycles. The molecule has 0 atom stereocenters. The molecule has 1 heterocycles. The maximum atomic E-state index is 11.7. The molecule has 1 fully saturated rings. The predicted molar refractivity (Wildman–Crippen MR) is 97.8 cm³/mol. The smallest absolute Gasteiger partial charge is 0.220 e. The quantitative estimate of drug-likeness (QED) is 0.747.